The Kier molecular flexibility index (Phi) is 31.5. The number of phenols is 1. The Morgan fingerprint density at radius 2 is 1.47 bits per heavy atom. The van der Waals surface area contributed by atoms with Crippen LogP contribution < -0.4 is 139 Å². The molecule has 25 nitrogen and oxygen atoms in total. The molecule has 0 aliphatic rings. The van der Waals surface area contributed by atoms with Crippen LogP contribution in [0.1, 0.15) is 0 Å². The fourth-order valence-electron chi connectivity index (χ4n) is 4.20. The molecule has 0 heterocycles. The second kappa shape index (κ2) is 31.4. The van der Waals surface area contributed by atoms with Gasteiger partial charge in [-0.05, 0) is 60.0 Å². The van der Waals surface area contributed by atoms with Crippen molar-refractivity contribution in [2.24, 2.45) is 20.5 Å². The van der Waals surface area contributed by atoms with Gasteiger partial charge in [-0.15, -0.1) is 19.7 Å². The summed E-state index contributed by atoms with van der Waals surface area (Å²) in [7, 11) is -8.95. The van der Waals surface area contributed by atoms with Crippen LogP contribution in [0.15, 0.2) is 94.6 Å². The van der Waals surface area contributed by atoms with E-state index in [1.807, 2.05) is 0 Å². The second-order valence-electron chi connectivity index (χ2n) is 9.99. The molecule has 1 atom stereocenters. The van der Waals surface area contributed by atoms with E-state index in [4.69, 9.17) is 28.1 Å². The van der Waals surface area contributed by atoms with E-state index in [2.05, 4.69) is 43.4 Å². The Labute approximate surface area is 455 Å². The summed E-state index contributed by atoms with van der Waals surface area (Å²) in [4.78, 5) is 4.28. The van der Waals surface area contributed by atoms with Crippen molar-refractivity contribution in [2.75, 3.05) is 39.3 Å². The molecule has 62 heavy (non-hydrogen) atoms. The molecule has 4 aromatic carbocycles. The first-order valence-electron chi connectivity index (χ1n) is 14.9. The summed E-state index contributed by atoms with van der Waals surface area (Å²) in [6.45, 7) is -1.32. The fourth-order valence-corrected chi connectivity index (χ4v) is 7.01. The molecular formula is C27H23N5Na4O20S6. The van der Waals surface area contributed by atoms with Gasteiger partial charge < -0.3 is 35.2 Å². The number of azo groups is 2. The molecule has 3 N–H and O–H groups in total. The van der Waals surface area contributed by atoms with E-state index in [9.17, 15) is 45.8 Å². The van der Waals surface area contributed by atoms with Crippen molar-refractivity contribution in [3.05, 3.63) is 54.6 Å². The molecule has 316 valence electrons. The van der Waals surface area contributed by atoms with Gasteiger partial charge in [0.2, 0.25) is 10.4 Å². The van der Waals surface area contributed by atoms with Crippen LogP contribution in [0.3, 0.4) is 0 Å². The topological polar surface area (TPSA) is 366 Å². The van der Waals surface area contributed by atoms with Gasteiger partial charge in [0, 0.05) is 4.90 Å². The number of ether oxygens (including phenoxy) is 1. The third-order valence-corrected chi connectivity index (χ3v) is 10.4. The normalized spacial score (nSPS) is 12.1. The van der Waals surface area contributed by atoms with Crippen LogP contribution in [0.25, 0.3) is 10.8 Å². The van der Waals surface area contributed by atoms with E-state index in [0.29, 0.717) is 4.90 Å². The monoisotopic (exact) mass is 1020 g/mol. The molecule has 0 spiro atoms. The van der Waals surface area contributed by atoms with Gasteiger partial charge in [0.15, 0.2) is 29.2 Å². The number of phenolic OH excluding ortho intramolecular Hbond substituents is 1. The minimum absolute atomic E-state index is 0. The van der Waals surface area contributed by atoms with Crippen LogP contribution >= 0.6 is 36.4 Å². The number of hydrogen-bond acceptors (Lipinski definition) is 28. The van der Waals surface area contributed by atoms with Crippen LogP contribution in [-0.4, -0.2) is 68.8 Å². The van der Waals surface area contributed by atoms with E-state index in [1.54, 1.807) is 6.07 Å². The molecule has 4 rings (SSSR count). The van der Waals surface area contributed by atoms with Gasteiger partial charge in [0.05, 0.1) is 82.5 Å². The first kappa shape index (κ1) is 62.3. The fraction of sp³-hybridized carbons (Fsp3) is 0.185. The molecule has 0 aliphatic heterocycles. The molecule has 0 radical (unpaired) electrons. The van der Waals surface area contributed by atoms with Gasteiger partial charge in [0.1, 0.15) is 39.5 Å². The summed E-state index contributed by atoms with van der Waals surface area (Å²) in [5.41, 5.74) is 4.77. The van der Waals surface area contributed by atoms with Gasteiger partial charge in [-0.3, -0.25) is 22.6 Å². The standard InChI is InChI=1S/C27H27N5O20S6.4Na/c1-43-20-7-4-17(53-50-44-8-9-45-55-52-49-35)14-19(20)30-31-25-21(54-51-48-34)12-15-13-22(57(37,38)39)26(24(28)23(15)27(25)33)32-29-16-2-5-18(6-3-16)56(36)46-10-11-47-58(40,41)42;;;;/h2-7,12-14,33-35H,8-11,28H2,1H3,(H,37,38,39)(H,40,41,42);;;;/q;4*+1/p-4. The Hall–Kier alpha value is 0.320. The van der Waals surface area contributed by atoms with E-state index in [1.165, 1.54) is 43.5 Å². The van der Waals surface area contributed by atoms with E-state index in [0.717, 1.165) is 24.2 Å². The molecule has 0 fully saturated rings. The maximum absolute atomic E-state index is 12.4. The quantitative estimate of drug-likeness (QED) is 0.00757. The van der Waals surface area contributed by atoms with Crippen molar-refractivity contribution in [2.45, 2.75) is 19.6 Å². The predicted molar refractivity (Wildman–Crippen MR) is 190 cm³/mol. The minimum atomic E-state index is -5.32. The Balaban J connectivity index is 0.00000930. The third kappa shape index (κ3) is 19.9. The van der Waals surface area contributed by atoms with Gasteiger partial charge in [0.25, 0.3) is 0 Å². The van der Waals surface area contributed by atoms with E-state index < -0.39 is 72.5 Å². The van der Waals surface area contributed by atoms with Crippen LogP contribution in [0.2, 0.25) is 0 Å². The maximum atomic E-state index is 12.4. The zero-order valence-electron chi connectivity index (χ0n) is 32.5. The number of anilines is 1. The number of benzene rings is 4. The second-order valence-corrected chi connectivity index (χ2v) is 15.6. The Morgan fingerprint density at radius 1 is 0.790 bits per heavy atom. The molecule has 4 aromatic rings. The zero-order valence-corrected chi connectivity index (χ0v) is 45.4. The minimum Gasteiger partial charge on any atom is -0.744 e. The molecule has 0 amide bonds. The Morgan fingerprint density at radius 3 is 2.10 bits per heavy atom. The smallest absolute Gasteiger partial charge is 0.744 e. The van der Waals surface area contributed by atoms with Crippen molar-refractivity contribution in [1.29, 1.82) is 0 Å². The first-order valence-corrected chi connectivity index (χ1v) is 20.8. The molecule has 0 aromatic heterocycles. The van der Waals surface area contributed by atoms with Crippen LogP contribution in [0.5, 0.6) is 11.5 Å². The Bertz CT molecular complexity index is 2360. The number of nitrogens with two attached hydrogens (primary N) is 1. The average molecular weight is 1020 g/mol. The SMILES string of the molecule is COc1ccc(SOOCCOSOO[O-])cc1N=Nc1c(SOO[O-])cc2cc(S(=O)(=O)[O-])c(N=Nc3ccc(S(=O)OCCOS(=O)(=O)[O-])cc3)c(N)c2c1O.[Na+].[Na+].[Na+].[Na+]. The van der Waals surface area contributed by atoms with Gasteiger partial charge in [-0.2, -0.15) is 13.8 Å². The number of aromatic hydroxyl groups is 1. The molecular weight excluding hydrogens is 999 g/mol. The first-order chi connectivity index (χ1) is 27.7. The molecule has 0 bridgehead atoms. The third-order valence-electron chi connectivity index (χ3n) is 6.47. The molecule has 1 unspecified atom stereocenters. The number of methoxy groups -OCH3 is 1. The van der Waals surface area contributed by atoms with Gasteiger partial charge in [-0.1, -0.05) is 0 Å². The number of nitrogens with zero attached hydrogens (tertiary/aromatic N) is 4. The maximum Gasteiger partial charge on any atom is 1.00 e. The number of rotatable bonds is 24. The number of hydrogen-bond donors (Lipinski definition) is 2. The van der Waals surface area contributed by atoms with Crippen LogP contribution in [-0.2, 0) is 72.1 Å². The van der Waals surface area contributed by atoms with Crippen molar-refractivity contribution in [3.63, 3.8) is 0 Å². The predicted octanol–water partition coefficient (Wildman–Crippen LogP) is -8.61. The summed E-state index contributed by atoms with van der Waals surface area (Å²) in [5.74, 6) is -0.558. The summed E-state index contributed by atoms with van der Waals surface area (Å²) in [5, 5.41) is 54.0. The van der Waals surface area contributed by atoms with Gasteiger partial charge >= 0.3 is 118 Å². The van der Waals surface area contributed by atoms with Crippen LogP contribution in [0, 0.1) is 0 Å². The van der Waals surface area contributed by atoms with E-state index >= 15 is 0 Å². The van der Waals surface area contributed by atoms with Gasteiger partial charge in [-0.25, -0.2) is 25.9 Å². The van der Waals surface area contributed by atoms with Crippen LogP contribution in [0.4, 0.5) is 28.4 Å². The zero-order chi connectivity index (χ0) is 42.3. The van der Waals surface area contributed by atoms with Crippen molar-refractivity contribution in [1.82, 2.24) is 0 Å². The summed E-state index contributed by atoms with van der Waals surface area (Å²) in [6, 6.07) is 11.5. The molecule has 0 saturated heterocycles. The summed E-state index contributed by atoms with van der Waals surface area (Å²) < 4.78 is 113. The largest absolute Gasteiger partial charge is 1.00 e. The summed E-state index contributed by atoms with van der Waals surface area (Å²) in [6.07, 6.45) is 0. The van der Waals surface area contributed by atoms with E-state index in [-0.39, 0.29) is 193 Å². The van der Waals surface area contributed by atoms with Crippen molar-refractivity contribution >= 4 is 107 Å². The number of fused-ring (bicyclic) bond motifs is 1. The molecule has 0 aliphatic carbocycles. The average Bonchev–Trinajstić information content (AvgIpc) is 3.18. The molecule has 35 heteroatoms. The number of nitrogen functional groups attached to an aromatic ring is 1. The molecule has 0 saturated carbocycles. The van der Waals surface area contributed by atoms with Crippen molar-refractivity contribution in [3.8, 4) is 11.5 Å². The van der Waals surface area contributed by atoms with Crippen molar-refractivity contribution < 1.29 is 209 Å². The summed E-state index contributed by atoms with van der Waals surface area (Å²) >= 11 is -0.859.